The van der Waals surface area contributed by atoms with E-state index >= 15 is 0 Å². The van der Waals surface area contributed by atoms with Crippen LogP contribution in [0.4, 0.5) is 5.69 Å². The number of rotatable bonds is 5. The summed E-state index contributed by atoms with van der Waals surface area (Å²) in [6.07, 6.45) is 1.81. The molecule has 0 saturated heterocycles. The zero-order chi connectivity index (χ0) is 17.6. The fourth-order valence-corrected chi connectivity index (χ4v) is 2.58. The lowest BCUT2D eigenvalue weighted by atomic mass is 10.1. The van der Waals surface area contributed by atoms with Crippen molar-refractivity contribution in [2.75, 3.05) is 12.4 Å². The van der Waals surface area contributed by atoms with Gasteiger partial charge in [-0.2, -0.15) is 0 Å². The molecule has 1 heterocycles. The molecule has 0 unspecified atom stereocenters. The maximum atomic E-state index is 12.3. The van der Waals surface area contributed by atoms with Crippen molar-refractivity contribution in [1.82, 2.24) is 4.57 Å². The first kappa shape index (κ1) is 16.5. The van der Waals surface area contributed by atoms with Crippen molar-refractivity contribution in [1.29, 1.82) is 0 Å². The van der Waals surface area contributed by atoms with E-state index in [0.29, 0.717) is 11.4 Å². The fraction of sp³-hybridized carbons (Fsp3) is 0.100. The van der Waals surface area contributed by atoms with E-state index in [1.807, 2.05) is 54.6 Å². The first-order valence-electron chi connectivity index (χ1n) is 7.87. The molecule has 0 aliphatic heterocycles. The molecule has 3 rings (SSSR count). The van der Waals surface area contributed by atoms with Crippen LogP contribution in [0.2, 0.25) is 0 Å². The van der Waals surface area contributed by atoms with Crippen molar-refractivity contribution in [3.63, 3.8) is 0 Å². The number of anilines is 1. The van der Waals surface area contributed by atoms with Gasteiger partial charge in [0.1, 0.15) is 5.75 Å². The maximum absolute atomic E-state index is 12.3. The molecule has 0 fully saturated rings. The van der Waals surface area contributed by atoms with Crippen LogP contribution in [-0.4, -0.2) is 17.6 Å². The fourth-order valence-electron chi connectivity index (χ4n) is 2.58. The monoisotopic (exact) mass is 334 g/mol. The topological polar surface area (TPSA) is 60.3 Å². The second-order valence-electron chi connectivity index (χ2n) is 5.50. The van der Waals surface area contributed by atoms with Gasteiger partial charge >= 0.3 is 0 Å². The van der Waals surface area contributed by atoms with Gasteiger partial charge in [0.05, 0.1) is 19.2 Å². The predicted molar refractivity (Wildman–Crippen MR) is 97.4 cm³/mol. The smallest absolute Gasteiger partial charge is 0.255 e. The Hall–Kier alpha value is -3.34. The van der Waals surface area contributed by atoms with E-state index in [0.717, 1.165) is 11.3 Å². The minimum Gasteiger partial charge on any atom is -0.496 e. The van der Waals surface area contributed by atoms with Crippen LogP contribution in [0, 0.1) is 0 Å². The molecule has 25 heavy (non-hydrogen) atoms. The molecule has 0 aliphatic carbocycles. The van der Waals surface area contributed by atoms with E-state index in [1.54, 1.807) is 19.4 Å². The third-order valence-corrected chi connectivity index (χ3v) is 3.77. The van der Waals surface area contributed by atoms with E-state index in [4.69, 9.17) is 4.74 Å². The minimum absolute atomic E-state index is 0.158. The van der Waals surface area contributed by atoms with Crippen LogP contribution in [0.1, 0.15) is 5.56 Å². The standard InChI is InChI=1S/C20H18N2O3/c1-25-18-10-6-5-7-15(18)13-19(23)21-16-11-12-20(24)22(14-16)17-8-3-2-4-9-17/h2-12,14H,13H2,1H3,(H,21,23). The summed E-state index contributed by atoms with van der Waals surface area (Å²) in [5.74, 6) is 0.495. The molecular weight excluding hydrogens is 316 g/mol. The highest BCUT2D eigenvalue weighted by molar-refractivity contribution is 5.92. The summed E-state index contributed by atoms with van der Waals surface area (Å²) in [5, 5.41) is 2.82. The maximum Gasteiger partial charge on any atom is 0.255 e. The third-order valence-electron chi connectivity index (χ3n) is 3.77. The zero-order valence-electron chi connectivity index (χ0n) is 13.8. The number of ether oxygens (including phenoxy) is 1. The first-order valence-corrected chi connectivity index (χ1v) is 7.87. The average Bonchev–Trinajstić information content (AvgIpc) is 2.64. The highest BCUT2D eigenvalue weighted by atomic mass is 16.5. The number of hydrogen-bond donors (Lipinski definition) is 1. The SMILES string of the molecule is COc1ccccc1CC(=O)Nc1ccc(=O)n(-c2ccccc2)c1. The number of amides is 1. The van der Waals surface area contributed by atoms with Gasteiger partial charge in [0.2, 0.25) is 5.91 Å². The molecule has 0 spiro atoms. The molecule has 2 aromatic carbocycles. The van der Waals surface area contributed by atoms with Crippen molar-refractivity contribution in [3.05, 3.63) is 88.8 Å². The summed E-state index contributed by atoms with van der Waals surface area (Å²) in [4.78, 5) is 24.4. The molecule has 0 aliphatic rings. The summed E-state index contributed by atoms with van der Waals surface area (Å²) >= 11 is 0. The number of carbonyl (C=O) groups excluding carboxylic acids is 1. The number of methoxy groups -OCH3 is 1. The Morgan fingerprint density at radius 1 is 1.00 bits per heavy atom. The van der Waals surface area contributed by atoms with Crippen LogP contribution in [0.25, 0.3) is 5.69 Å². The molecule has 0 radical (unpaired) electrons. The van der Waals surface area contributed by atoms with Crippen LogP contribution in [0.5, 0.6) is 5.75 Å². The molecule has 0 atom stereocenters. The number of para-hydroxylation sites is 2. The van der Waals surface area contributed by atoms with Gasteiger partial charge in [-0.05, 0) is 24.3 Å². The molecule has 0 saturated carbocycles. The van der Waals surface area contributed by atoms with Crippen LogP contribution in [-0.2, 0) is 11.2 Å². The molecule has 0 bridgehead atoms. The molecule has 3 aromatic rings. The van der Waals surface area contributed by atoms with Crippen molar-refractivity contribution in [3.8, 4) is 11.4 Å². The number of hydrogen-bond acceptors (Lipinski definition) is 3. The van der Waals surface area contributed by atoms with Gasteiger partial charge in [-0.3, -0.25) is 14.2 Å². The summed E-state index contributed by atoms with van der Waals surface area (Å²) in [5.41, 5.74) is 1.95. The van der Waals surface area contributed by atoms with E-state index in [9.17, 15) is 9.59 Å². The Labute approximate surface area is 145 Å². The van der Waals surface area contributed by atoms with Gasteiger partial charge in [0, 0.05) is 23.5 Å². The number of carbonyl (C=O) groups is 1. The Balaban J connectivity index is 1.79. The lowest BCUT2D eigenvalue weighted by Gasteiger charge is -2.11. The Morgan fingerprint density at radius 3 is 2.48 bits per heavy atom. The quantitative estimate of drug-likeness (QED) is 0.780. The Morgan fingerprint density at radius 2 is 1.72 bits per heavy atom. The summed E-state index contributed by atoms with van der Waals surface area (Å²) < 4.78 is 6.76. The Kier molecular flexibility index (Phi) is 4.95. The van der Waals surface area contributed by atoms with Crippen LogP contribution >= 0.6 is 0 Å². The van der Waals surface area contributed by atoms with Crippen LogP contribution in [0.3, 0.4) is 0 Å². The highest BCUT2D eigenvalue weighted by Gasteiger charge is 2.09. The average molecular weight is 334 g/mol. The molecule has 5 heteroatoms. The van der Waals surface area contributed by atoms with Gasteiger partial charge in [-0.15, -0.1) is 0 Å². The molecule has 1 amide bonds. The highest BCUT2D eigenvalue weighted by Crippen LogP contribution is 2.18. The normalized spacial score (nSPS) is 10.3. The number of benzene rings is 2. The number of aromatic nitrogens is 1. The summed E-state index contributed by atoms with van der Waals surface area (Å²) in [6.45, 7) is 0. The second kappa shape index (κ2) is 7.49. The van der Waals surface area contributed by atoms with Crippen molar-refractivity contribution >= 4 is 11.6 Å². The lowest BCUT2D eigenvalue weighted by Crippen LogP contribution is -2.20. The molecular formula is C20H18N2O3. The molecule has 126 valence electrons. The second-order valence-corrected chi connectivity index (χ2v) is 5.50. The van der Waals surface area contributed by atoms with Gasteiger partial charge in [0.25, 0.3) is 5.56 Å². The van der Waals surface area contributed by atoms with Gasteiger partial charge in [-0.25, -0.2) is 0 Å². The van der Waals surface area contributed by atoms with Crippen molar-refractivity contribution in [2.45, 2.75) is 6.42 Å². The van der Waals surface area contributed by atoms with Gasteiger partial charge in [-0.1, -0.05) is 36.4 Å². The summed E-state index contributed by atoms with van der Waals surface area (Å²) in [6, 6.07) is 19.7. The van der Waals surface area contributed by atoms with E-state index < -0.39 is 0 Å². The van der Waals surface area contributed by atoms with E-state index in [1.165, 1.54) is 10.6 Å². The molecule has 1 aromatic heterocycles. The largest absolute Gasteiger partial charge is 0.496 e. The third kappa shape index (κ3) is 3.95. The minimum atomic E-state index is -0.178. The van der Waals surface area contributed by atoms with E-state index in [2.05, 4.69) is 5.32 Å². The van der Waals surface area contributed by atoms with E-state index in [-0.39, 0.29) is 17.9 Å². The first-order chi connectivity index (χ1) is 12.2. The zero-order valence-corrected chi connectivity index (χ0v) is 13.8. The summed E-state index contributed by atoms with van der Waals surface area (Å²) in [7, 11) is 1.58. The number of nitrogens with zero attached hydrogens (tertiary/aromatic N) is 1. The van der Waals surface area contributed by atoms with Gasteiger partial charge in [0.15, 0.2) is 0 Å². The number of nitrogens with one attached hydrogen (secondary N) is 1. The molecule has 1 N–H and O–H groups in total. The molecule has 5 nitrogen and oxygen atoms in total. The van der Waals surface area contributed by atoms with Crippen molar-refractivity contribution in [2.24, 2.45) is 0 Å². The van der Waals surface area contributed by atoms with Crippen LogP contribution < -0.4 is 15.6 Å². The van der Waals surface area contributed by atoms with Gasteiger partial charge < -0.3 is 10.1 Å². The number of pyridine rings is 1. The predicted octanol–water partition coefficient (Wildman–Crippen LogP) is 3.03. The Bertz CT molecular complexity index is 933. The lowest BCUT2D eigenvalue weighted by molar-refractivity contribution is -0.115. The van der Waals surface area contributed by atoms with Crippen LogP contribution in [0.15, 0.2) is 77.7 Å². The van der Waals surface area contributed by atoms with Crippen molar-refractivity contribution < 1.29 is 9.53 Å².